The van der Waals surface area contributed by atoms with Crippen molar-refractivity contribution in [3.63, 3.8) is 0 Å². The molecule has 0 atom stereocenters. The molecule has 0 radical (unpaired) electrons. The predicted molar refractivity (Wildman–Crippen MR) is 118 cm³/mol. The standard InChI is InChI=1S/C21H20FN7O2S/c1-32(30,31)29-12-21(13-29,20-16(22)3-2-8-23-20)11-24-19-7-6-17(27-28-19)14-4-5-18-15(9-14)10-25-26-18/h2-10H,11-13H2,1H3,(H,24,28)(H,25,26). The van der Waals surface area contributed by atoms with Gasteiger partial charge in [-0.05, 0) is 36.4 Å². The third kappa shape index (κ3) is 3.69. The number of aromatic amines is 1. The van der Waals surface area contributed by atoms with Crippen LogP contribution in [0.4, 0.5) is 10.2 Å². The summed E-state index contributed by atoms with van der Waals surface area (Å²) >= 11 is 0. The van der Waals surface area contributed by atoms with Crippen LogP contribution in [0, 0.1) is 5.82 Å². The molecule has 0 spiro atoms. The molecule has 0 aliphatic carbocycles. The monoisotopic (exact) mass is 453 g/mol. The summed E-state index contributed by atoms with van der Waals surface area (Å²) in [5.41, 5.74) is 2.01. The van der Waals surface area contributed by atoms with E-state index in [0.29, 0.717) is 11.5 Å². The van der Waals surface area contributed by atoms with Gasteiger partial charge in [-0.15, -0.1) is 10.2 Å². The first-order valence-corrected chi connectivity index (χ1v) is 11.8. The number of sulfonamides is 1. The van der Waals surface area contributed by atoms with E-state index < -0.39 is 21.3 Å². The van der Waals surface area contributed by atoms with Gasteiger partial charge in [-0.1, -0.05) is 6.07 Å². The first-order valence-electron chi connectivity index (χ1n) is 9.91. The van der Waals surface area contributed by atoms with E-state index in [1.165, 1.54) is 22.6 Å². The summed E-state index contributed by atoms with van der Waals surface area (Å²) in [6.07, 6.45) is 4.40. The Labute approximate surface area is 183 Å². The molecule has 0 bridgehead atoms. The van der Waals surface area contributed by atoms with Crippen LogP contribution in [0.5, 0.6) is 0 Å². The van der Waals surface area contributed by atoms with Crippen LogP contribution in [0.1, 0.15) is 5.69 Å². The number of rotatable bonds is 6. The molecule has 2 N–H and O–H groups in total. The number of anilines is 1. The minimum Gasteiger partial charge on any atom is -0.368 e. The maximum Gasteiger partial charge on any atom is 0.211 e. The lowest BCUT2D eigenvalue weighted by atomic mass is 9.77. The van der Waals surface area contributed by atoms with Crippen LogP contribution in [-0.4, -0.2) is 64.0 Å². The van der Waals surface area contributed by atoms with E-state index in [-0.39, 0.29) is 25.3 Å². The normalized spacial score (nSPS) is 16.1. The SMILES string of the molecule is CS(=O)(=O)N1CC(CNc2ccc(-c3ccc4[nH]ncc4c3)nn2)(c2ncccc2F)C1. The van der Waals surface area contributed by atoms with E-state index >= 15 is 0 Å². The molecule has 1 aliphatic heterocycles. The number of halogens is 1. The molecule has 1 saturated heterocycles. The molecule has 0 unspecified atom stereocenters. The van der Waals surface area contributed by atoms with E-state index in [0.717, 1.165) is 22.7 Å². The number of fused-ring (bicyclic) bond motifs is 1. The van der Waals surface area contributed by atoms with Crippen LogP contribution in [0.25, 0.3) is 22.2 Å². The average Bonchev–Trinajstić information content (AvgIpc) is 3.21. The minimum absolute atomic E-state index is 0.142. The Hall–Kier alpha value is -3.44. The van der Waals surface area contributed by atoms with Crippen LogP contribution >= 0.6 is 0 Å². The smallest absolute Gasteiger partial charge is 0.211 e. The third-order valence-electron chi connectivity index (χ3n) is 5.70. The van der Waals surface area contributed by atoms with Gasteiger partial charge in [-0.3, -0.25) is 10.1 Å². The summed E-state index contributed by atoms with van der Waals surface area (Å²) in [4.78, 5) is 4.20. The minimum atomic E-state index is -3.37. The Kier molecular flexibility index (Phi) is 4.86. The van der Waals surface area contributed by atoms with Gasteiger partial charge in [-0.2, -0.15) is 5.10 Å². The van der Waals surface area contributed by atoms with Crippen LogP contribution in [0.2, 0.25) is 0 Å². The van der Waals surface area contributed by atoms with Crippen molar-refractivity contribution in [2.24, 2.45) is 0 Å². The fourth-order valence-electron chi connectivity index (χ4n) is 3.93. The summed E-state index contributed by atoms with van der Waals surface area (Å²) in [5, 5.41) is 19.6. The van der Waals surface area contributed by atoms with E-state index in [2.05, 4.69) is 30.7 Å². The average molecular weight is 454 g/mol. The first-order chi connectivity index (χ1) is 15.3. The fourth-order valence-corrected chi connectivity index (χ4v) is 4.89. The van der Waals surface area contributed by atoms with E-state index in [4.69, 9.17) is 0 Å². The van der Waals surface area contributed by atoms with Gasteiger partial charge < -0.3 is 5.32 Å². The second-order valence-corrected chi connectivity index (χ2v) is 9.96. The van der Waals surface area contributed by atoms with Crippen molar-refractivity contribution in [2.75, 3.05) is 31.2 Å². The molecule has 4 aromatic rings. The largest absolute Gasteiger partial charge is 0.368 e. The second kappa shape index (κ2) is 7.61. The van der Waals surface area contributed by atoms with Crippen molar-refractivity contribution in [3.8, 4) is 11.3 Å². The molecular formula is C21H20FN7O2S. The Morgan fingerprint density at radius 2 is 2.03 bits per heavy atom. The van der Waals surface area contributed by atoms with E-state index in [9.17, 15) is 12.8 Å². The van der Waals surface area contributed by atoms with Crippen molar-refractivity contribution in [3.05, 3.63) is 66.4 Å². The quantitative estimate of drug-likeness (QED) is 0.460. The molecule has 164 valence electrons. The molecule has 9 nitrogen and oxygen atoms in total. The predicted octanol–water partition coefficient (Wildman–Crippen LogP) is 2.18. The summed E-state index contributed by atoms with van der Waals surface area (Å²) in [5.74, 6) is 0.0465. The summed E-state index contributed by atoms with van der Waals surface area (Å²) < 4.78 is 39.6. The number of hydrogen-bond donors (Lipinski definition) is 2. The van der Waals surface area contributed by atoms with E-state index in [1.807, 2.05) is 24.3 Å². The number of aromatic nitrogens is 5. The molecule has 3 aromatic heterocycles. The molecule has 11 heteroatoms. The first kappa shape index (κ1) is 20.5. The van der Waals surface area contributed by atoms with Crippen molar-refractivity contribution in [2.45, 2.75) is 5.41 Å². The molecule has 1 fully saturated rings. The molecule has 4 heterocycles. The molecule has 1 aliphatic rings. The van der Waals surface area contributed by atoms with Gasteiger partial charge in [0.2, 0.25) is 10.0 Å². The second-order valence-electron chi connectivity index (χ2n) is 7.97. The molecule has 5 rings (SSSR count). The van der Waals surface area contributed by atoms with E-state index in [1.54, 1.807) is 12.3 Å². The molecular weight excluding hydrogens is 433 g/mol. The van der Waals surface area contributed by atoms with Crippen molar-refractivity contribution in [1.29, 1.82) is 0 Å². The van der Waals surface area contributed by atoms with Crippen LogP contribution in [0.15, 0.2) is 54.9 Å². The zero-order valence-corrected chi connectivity index (χ0v) is 18.0. The zero-order chi connectivity index (χ0) is 22.3. The Morgan fingerprint density at radius 3 is 2.75 bits per heavy atom. The number of benzene rings is 1. The Morgan fingerprint density at radius 1 is 1.19 bits per heavy atom. The molecule has 0 saturated carbocycles. The van der Waals surface area contributed by atoms with Crippen LogP contribution < -0.4 is 5.32 Å². The van der Waals surface area contributed by atoms with Gasteiger partial charge in [-0.25, -0.2) is 17.1 Å². The highest BCUT2D eigenvalue weighted by atomic mass is 32.2. The van der Waals surface area contributed by atoms with Gasteiger partial charge in [0.1, 0.15) is 11.6 Å². The number of pyridine rings is 1. The molecule has 0 amide bonds. The summed E-state index contributed by atoms with van der Waals surface area (Å²) in [6.45, 7) is 0.550. The molecule has 32 heavy (non-hydrogen) atoms. The van der Waals surface area contributed by atoms with Gasteiger partial charge in [0.15, 0.2) is 0 Å². The highest BCUT2D eigenvalue weighted by Crippen LogP contribution is 2.36. The number of hydrogen-bond acceptors (Lipinski definition) is 7. The number of H-pyrrole nitrogens is 1. The Balaban J connectivity index is 1.35. The third-order valence-corrected chi connectivity index (χ3v) is 6.89. The van der Waals surface area contributed by atoms with Crippen LogP contribution in [0.3, 0.4) is 0 Å². The highest BCUT2D eigenvalue weighted by Gasteiger charge is 2.50. The van der Waals surface area contributed by atoms with Gasteiger partial charge >= 0.3 is 0 Å². The fraction of sp³-hybridized carbons (Fsp3) is 0.238. The highest BCUT2D eigenvalue weighted by molar-refractivity contribution is 7.88. The van der Waals surface area contributed by atoms with Gasteiger partial charge in [0, 0.05) is 36.8 Å². The van der Waals surface area contributed by atoms with Gasteiger partial charge in [0.25, 0.3) is 0 Å². The summed E-state index contributed by atoms with van der Waals surface area (Å²) in [7, 11) is -3.37. The maximum atomic E-state index is 14.5. The Bertz CT molecular complexity index is 1380. The summed E-state index contributed by atoms with van der Waals surface area (Å²) in [6, 6.07) is 12.3. The lowest BCUT2D eigenvalue weighted by Gasteiger charge is -2.48. The lowest BCUT2D eigenvalue weighted by molar-refractivity contribution is 0.155. The number of nitrogens with zero attached hydrogens (tertiary/aromatic N) is 5. The number of nitrogens with one attached hydrogen (secondary N) is 2. The molecule has 1 aromatic carbocycles. The van der Waals surface area contributed by atoms with Crippen molar-refractivity contribution >= 4 is 26.7 Å². The topological polar surface area (TPSA) is 117 Å². The zero-order valence-electron chi connectivity index (χ0n) is 17.2. The maximum absolute atomic E-state index is 14.5. The van der Waals surface area contributed by atoms with Crippen molar-refractivity contribution < 1.29 is 12.8 Å². The van der Waals surface area contributed by atoms with Crippen molar-refractivity contribution in [1.82, 2.24) is 29.7 Å². The van der Waals surface area contributed by atoms with Crippen LogP contribution in [-0.2, 0) is 15.4 Å². The lowest BCUT2D eigenvalue weighted by Crippen LogP contribution is -2.64. The van der Waals surface area contributed by atoms with Gasteiger partial charge in [0.05, 0.1) is 34.8 Å².